The van der Waals surface area contributed by atoms with Gasteiger partial charge in [0.15, 0.2) is 6.29 Å². The van der Waals surface area contributed by atoms with E-state index in [1.807, 2.05) is 60.7 Å². The Hall–Kier alpha value is -2.06. The Kier molecular flexibility index (Phi) is 8.37. The van der Waals surface area contributed by atoms with E-state index >= 15 is 0 Å². The van der Waals surface area contributed by atoms with E-state index in [1.54, 1.807) is 6.08 Å². The van der Waals surface area contributed by atoms with Crippen LogP contribution in [-0.2, 0) is 32.2 Å². The van der Waals surface area contributed by atoms with Gasteiger partial charge in [0.05, 0.1) is 32.5 Å². The summed E-state index contributed by atoms with van der Waals surface area (Å²) in [5, 5.41) is 9.91. The van der Waals surface area contributed by atoms with E-state index in [9.17, 15) is 5.11 Å². The molecule has 0 unspecified atom stereocenters. The second-order valence-corrected chi connectivity index (χ2v) is 6.95. The standard InChI is InChI=1S/C23H29NO5/c1-2-13-26-23-20(24)22(28-16-18-11-7-4-8-12-18)21(19(14-25)29-23)27-15-17-9-5-3-6-10-17/h2-12,19-23,25H,1,13-16,24H2/t19-,20-,21-,22-,23+/m1/s1. The summed E-state index contributed by atoms with van der Waals surface area (Å²) < 4.78 is 23.8. The minimum Gasteiger partial charge on any atom is -0.394 e. The first-order valence-corrected chi connectivity index (χ1v) is 9.78. The average molecular weight is 399 g/mol. The molecule has 6 nitrogen and oxygen atoms in total. The molecule has 3 rings (SSSR count). The first-order valence-electron chi connectivity index (χ1n) is 9.78. The molecule has 0 spiro atoms. The number of nitrogens with two attached hydrogens (primary N) is 1. The van der Waals surface area contributed by atoms with Gasteiger partial charge in [-0.05, 0) is 11.1 Å². The maximum absolute atomic E-state index is 9.91. The van der Waals surface area contributed by atoms with Crippen molar-refractivity contribution < 1.29 is 24.1 Å². The second kappa shape index (κ2) is 11.2. The van der Waals surface area contributed by atoms with Crippen LogP contribution in [0.1, 0.15) is 11.1 Å². The number of benzene rings is 2. The Morgan fingerprint density at radius 2 is 1.45 bits per heavy atom. The van der Waals surface area contributed by atoms with Crippen LogP contribution in [-0.4, -0.2) is 49.0 Å². The van der Waals surface area contributed by atoms with E-state index in [-0.39, 0.29) is 13.2 Å². The molecule has 2 aromatic rings. The fraction of sp³-hybridized carbons (Fsp3) is 0.391. The van der Waals surface area contributed by atoms with Crippen LogP contribution in [0, 0.1) is 0 Å². The predicted molar refractivity (Wildman–Crippen MR) is 110 cm³/mol. The highest BCUT2D eigenvalue weighted by Crippen LogP contribution is 2.27. The van der Waals surface area contributed by atoms with E-state index < -0.39 is 30.6 Å². The van der Waals surface area contributed by atoms with Crippen molar-refractivity contribution >= 4 is 0 Å². The van der Waals surface area contributed by atoms with E-state index in [0.29, 0.717) is 13.2 Å². The van der Waals surface area contributed by atoms with Gasteiger partial charge in [0.2, 0.25) is 0 Å². The normalized spacial score (nSPS) is 26.9. The van der Waals surface area contributed by atoms with Gasteiger partial charge in [-0.15, -0.1) is 6.58 Å². The third-order valence-corrected chi connectivity index (χ3v) is 4.82. The first kappa shape index (κ1) is 21.6. The molecule has 156 valence electrons. The fourth-order valence-electron chi connectivity index (χ4n) is 3.33. The highest BCUT2D eigenvalue weighted by molar-refractivity contribution is 5.14. The molecule has 1 saturated heterocycles. The van der Waals surface area contributed by atoms with E-state index in [0.717, 1.165) is 11.1 Å². The van der Waals surface area contributed by atoms with Gasteiger partial charge >= 0.3 is 0 Å². The van der Waals surface area contributed by atoms with Gasteiger partial charge in [0, 0.05) is 0 Å². The van der Waals surface area contributed by atoms with E-state index in [2.05, 4.69) is 6.58 Å². The molecule has 1 heterocycles. The third-order valence-electron chi connectivity index (χ3n) is 4.82. The molecule has 3 N–H and O–H groups in total. The number of ether oxygens (including phenoxy) is 4. The van der Waals surface area contributed by atoms with Crippen LogP contribution in [0.3, 0.4) is 0 Å². The molecule has 1 fully saturated rings. The molecule has 1 aliphatic heterocycles. The molecule has 0 bridgehead atoms. The van der Waals surface area contributed by atoms with E-state index in [1.165, 1.54) is 0 Å². The summed E-state index contributed by atoms with van der Waals surface area (Å²) in [6.45, 7) is 4.45. The van der Waals surface area contributed by atoms with Crippen molar-refractivity contribution in [1.29, 1.82) is 0 Å². The number of aliphatic hydroxyl groups is 1. The molecule has 29 heavy (non-hydrogen) atoms. The van der Waals surface area contributed by atoms with Crippen molar-refractivity contribution in [3.63, 3.8) is 0 Å². The lowest BCUT2D eigenvalue weighted by molar-refractivity contribution is -0.281. The number of rotatable bonds is 10. The van der Waals surface area contributed by atoms with Crippen LogP contribution in [0.15, 0.2) is 73.3 Å². The van der Waals surface area contributed by atoms with Gasteiger partial charge in [0.25, 0.3) is 0 Å². The Labute approximate surface area is 171 Å². The van der Waals surface area contributed by atoms with Gasteiger partial charge in [-0.2, -0.15) is 0 Å². The Morgan fingerprint density at radius 3 is 1.97 bits per heavy atom. The largest absolute Gasteiger partial charge is 0.394 e. The average Bonchev–Trinajstić information content (AvgIpc) is 2.77. The number of hydrogen-bond acceptors (Lipinski definition) is 6. The smallest absolute Gasteiger partial charge is 0.176 e. The summed E-state index contributed by atoms with van der Waals surface area (Å²) in [5.41, 5.74) is 8.48. The maximum Gasteiger partial charge on any atom is 0.176 e. The summed E-state index contributed by atoms with van der Waals surface area (Å²) >= 11 is 0. The number of hydrogen-bond donors (Lipinski definition) is 2. The Morgan fingerprint density at radius 1 is 0.897 bits per heavy atom. The van der Waals surface area contributed by atoms with Gasteiger partial charge in [-0.3, -0.25) is 0 Å². The summed E-state index contributed by atoms with van der Waals surface area (Å²) in [5.74, 6) is 0. The lowest BCUT2D eigenvalue weighted by Gasteiger charge is -2.44. The predicted octanol–water partition coefficient (Wildman–Crippen LogP) is 2.40. The van der Waals surface area contributed by atoms with Gasteiger partial charge in [-0.1, -0.05) is 66.7 Å². The zero-order valence-corrected chi connectivity index (χ0v) is 16.4. The van der Waals surface area contributed by atoms with Gasteiger partial charge in [-0.25, -0.2) is 0 Å². The van der Waals surface area contributed by atoms with Crippen LogP contribution in [0.2, 0.25) is 0 Å². The van der Waals surface area contributed by atoms with Crippen molar-refractivity contribution in [1.82, 2.24) is 0 Å². The Bertz CT molecular complexity index is 727. The zero-order valence-electron chi connectivity index (χ0n) is 16.4. The van der Waals surface area contributed by atoms with Crippen LogP contribution < -0.4 is 5.73 Å². The quantitative estimate of drug-likeness (QED) is 0.597. The highest BCUT2D eigenvalue weighted by atomic mass is 16.7. The monoisotopic (exact) mass is 399 g/mol. The summed E-state index contributed by atoms with van der Waals surface area (Å²) in [4.78, 5) is 0. The summed E-state index contributed by atoms with van der Waals surface area (Å²) in [6.07, 6.45) is -0.763. The first-order chi connectivity index (χ1) is 14.2. The lowest BCUT2D eigenvalue weighted by Crippen LogP contribution is -2.64. The molecule has 6 heteroatoms. The molecule has 0 aromatic heterocycles. The molecule has 0 radical (unpaired) electrons. The van der Waals surface area contributed by atoms with Crippen LogP contribution in [0.25, 0.3) is 0 Å². The SMILES string of the molecule is C=CCO[C@H]1O[C@H](CO)[C@@H](OCc2ccccc2)[C@H](OCc2ccccc2)[C@H]1N. The molecule has 0 amide bonds. The topological polar surface area (TPSA) is 83.2 Å². The van der Waals surface area contributed by atoms with Crippen molar-refractivity contribution in [2.75, 3.05) is 13.2 Å². The van der Waals surface area contributed by atoms with Crippen LogP contribution in [0.4, 0.5) is 0 Å². The van der Waals surface area contributed by atoms with Gasteiger partial charge < -0.3 is 29.8 Å². The van der Waals surface area contributed by atoms with Crippen LogP contribution in [0.5, 0.6) is 0 Å². The molecular formula is C23H29NO5. The molecule has 0 aliphatic carbocycles. The second-order valence-electron chi connectivity index (χ2n) is 6.95. The highest BCUT2D eigenvalue weighted by Gasteiger charge is 2.46. The zero-order chi connectivity index (χ0) is 20.5. The number of aliphatic hydroxyl groups excluding tert-OH is 1. The van der Waals surface area contributed by atoms with Gasteiger partial charge in [0.1, 0.15) is 18.3 Å². The molecule has 1 aliphatic rings. The molecule has 5 atom stereocenters. The molecular weight excluding hydrogens is 370 g/mol. The van der Waals surface area contributed by atoms with Crippen molar-refractivity contribution in [2.24, 2.45) is 5.73 Å². The minimum absolute atomic E-state index is 0.231. The molecule has 0 saturated carbocycles. The summed E-state index contributed by atoms with van der Waals surface area (Å²) in [7, 11) is 0. The fourth-order valence-corrected chi connectivity index (χ4v) is 3.33. The Balaban J connectivity index is 1.74. The summed E-state index contributed by atoms with van der Waals surface area (Å²) in [6, 6.07) is 19.1. The van der Waals surface area contributed by atoms with Crippen molar-refractivity contribution in [2.45, 2.75) is 43.9 Å². The third kappa shape index (κ3) is 5.96. The van der Waals surface area contributed by atoms with Crippen LogP contribution >= 0.6 is 0 Å². The molecule has 2 aromatic carbocycles. The van der Waals surface area contributed by atoms with Crippen molar-refractivity contribution in [3.8, 4) is 0 Å². The lowest BCUT2D eigenvalue weighted by atomic mass is 9.97. The minimum atomic E-state index is -0.720. The van der Waals surface area contributed by atoms with E-state index in [4.69, 9.17) is 24.7 Å². The van der Waals surface area contributed by atoms with Crippen molar-refractivity contribution in [3.05, 3.63) is 84.4 Å². The maximum atomic E-state index is 9.91.